The van der Waals surface area contributed by atoms with Crippen LogP contribution >= 0.6 is 15.9 Å². The predicted octanol–water partition coefficient (Wildman–Crippen LogP) is 2.47. The van der Waals surface area contributed by atoms with Crippen molar-refractivity contribution < 1.29 is 14.0 Å². The van der Waals surface area contributed by atoms with Crippen LogP contribution in [0.1, 0.15) is 15.9 Å². The minimum Gasteiger partial charge on any atom is -0.343 e. The zero-order valence-electron chi connectivity index (χ0n) is 11.9. The molecule has 0 fully saturated rings. The average molecular weight is 378 g/mol. The van der Waals surface area contributed by atoms with Gasteiger partial charge in [0.1, 0.15) is 5.82 Å². The van der Waals surface area contributed by atoms with Crippen LogP contribution in [0.3, 0.4) is 0 Å². The van der Waals surface area contributed by atoms with Gasteiger partial charge < -0.3 is 5.32 Å². The van der Waals surface area contributed by atoms with E-state index in [4.69, 9.17) is 0 Å². The molecule has 0 atom stereocenters. The van der Waals surface area contributed by atoms with Gasteiger partial charge in [0.25, 0.3) is 11.8 Å². The molecule has 2 aromatic rings. The van der Waals surface area contributed by atoms with E-state index in [1.807, 2.05) is 0 Å². The highest BCUT2D eigenvalue weighted by atomic mass is 79.9. The molecule has 2 amide bonds. The Hall–Kier alpha value is -2.54. The van der Waals surface area contributed by atoms with Gasteiger partial charge in [-0.3, -0.25) is 9.59 Å². The van der Waals surface area contributed by atoms with Crippen LogP contribution in [0.2, 0.25) is 0 Å². The fourth-order valence-electron chi connectivity index (χ4n) is 1.66. The van der Waals surface area contributed by atoms with Crippen molar-refractivity contribution in [2.75, 3.05) is 6.54 Å². The molecule has 7 heteroatoms. The second-order valence-corrected chi connectivity index (χ2v) is 5.45. The van der Waals surface area contributed by atoms with Gasteiger partial charge >= 0.3 is 0 Å². The summed E-state index contributed by atoms with van der Waals surface area (Å²) in [6.45, 7) is -0.202. The van der Waals surface area contributed by atoms with Crippen molar-refractivity contribution in [3.8, 4) is 0 Å². The summed E-state index contributed by atoms with van der Waals surface area (Å²) in [7, 11) is 0. The summed E-state index contributed by atoms with van der Waals surface area (Å²) in [5.74, 6) is -1.17. The van der Waals surface area contributed by atoms with E-state index >= 15 is 0 Å². The lowest BCUT2D eigenvalue weighted by atomic mass is 10.2. The Balaban J connectivity index is 1.78. The van der Waals surface area contributed by atoms with Gasteiger partial charge in [-0.1, -0.05) is 34.1 Å². The second kappa shape index (κ2) is 8.19. The number of carbonyl (C=O) groups is 2. The lowest BCUT2D eigenvalue weighted by Gasteiger charge is -2.04. The molecule has 2 N–H and O–H groups in total. The molecule has 0 saturated heterocycles. The Labute approximate surface area is 140 Å². The third-order valence-electron chi connectivity index (χ3n) is 2.77. The van der Waals surface area contributed by atoms with E-state index in [0.717, 1.165) is 4.47 Å². The summed E-state index contributed by atoms with van der Waals surface area (Å²) in [6.07, 6.45) is 1.38. The van der Waals surface area contributed by atoms with Crippen LogP contribution in [-0.2, 0) is 4.79 Å². The molecular formula is C16H13BrFN3O2. The summed E-state index contributed by atoms with van der Waals surface area (Å²) >= 11 is 3.27. The van der Waals surface area contributed by atoms with E-state index in [9.17, 15) is 14.0 Å². The van der Waals surface area contributed by atoms with Crippen molar-refractivity contribution in [1.82, 2.24) is 10.7 Å². The normalized spacial score (nSPS) is 10.5. The highest BCUT2D eigenvalue weighted by Gasteiger charge is 2.07. The second-order valence-electron chi connectivity index (χ2n) is 4.54. The Morgan fingerprint density at radius 1 is 1.17 bits per heavy atom. The fraction of sp³-hybridized carbons (Fsp3) is 0.0625. The van der Waals surface area contributed by atoms with Gasteiger partial charge in [-0.05, 0) is 35.9 Å². The molecule has 2 rings (SSSR count). The fourth-order valence-corrected chi connectivity index (χ4v) is 2.06. The molecule has 0 spiro atoms. The third kappa shape index (κ3) is 5.63. The van der Waals surface area contributed by atoms with Crippen LogP contribution in [0.15, 0.2) is 58.1 Å². The van der Waals surface area contributed by atoms with Crippen LogP contribution in [0.25, 0.3) is 0 Å². The molecule has 0 heterocycles. The predicted molar refractivity (Wildman–Crippen MR) is 88.6 cm³/mol. The maximum Gasteiger partial charge on any atom is 0.259 e. The number of halogens is 2. The summed E-state index contributed by atoms with van der Waals surface area (Å²) in [5, 5.41) is 6.22. The number of nitrogens with zero attached hydrogens (tertiary/aromatic N) is 1. The standard InChI is InChI=1S/C16H13BrFN3O2/c17-13-3-1-2-12(8-13)16(23)19-10-15(22)21-20-9-11-4-6-14(18)7-5-11/h1-9H,10H2,(H,19,23)(H,21,22)/b20-9-. The lowest BCUT2D eigenvalue weighted by Crippen LogP contribution is -2.34. The van der Waals surface area contributed by atoms with Crippen LogP contribution in [-0.4, -0.2) is 24.6 Å². The van der Waals surface area contributed by atoms with Crippen LogP contribution < -0.4 is 10.7 Å². The van der Waals surface area contributed by atoms with Crippen molar-refractivity contribution in [3.05, 3.63) is 69.9 Å². The summed E-state index contributed by atoms with van der Waals surface area (Å²) < 4.78 is 13.5. The maximum atomic E-state index is 12.7. The van der Waals surface area contributed by atoms with Gasteiger partial charge in [-0.25, -0.2) is 9.82 Å². The third-order valence-corrected chi connectivity index (χ3v) is 3.26. The SMILES string of the molecule is O=C(CNC(=O)c1cccc(Br)c1)N/N=C\c1ccc(F)cc1. The topological polar surface area (TPSA) is 70.6 Å². The Morgan fingerprint density at radius 2 is 1.91 bits per heavy atom. The highest BCUT2D eigenvalue weighted by Crippen LogP contribution is 2.11. The van der Waals surface area contributed by atoms with E-state index in [-0.39, 0.29) is 18.3 Å². The van der Waals surface area contributed by atoms with Crippen LogP contribution in [0, 0.1) is 5.82 Å². The van der Waals surface area contributed by atoms with Gasteiger partial charge in [-0.2, -0.15) is 5.10 Å². The summed E-state index contributed by atoms with van der Waals surface area (Å²) in [6, 6.07) is 12.5. The molecule has 0 radical (unpaired) electrons. The highest BCUT2D eigenvalue weighted by molar-refractivity contribution is 9.10. The smallest absolute Gasteiger partial charge is 0.259 e. The minimum atomic E-state index is -0.466. The number of hydrogen-bond acceptors (Lipinski definition) is 3. The van der Waals surface area contributed by atoms with E-state index in [2.05, 4.69) is 31.8 Å². The molecule has 0 saturated carbocycles. The molecule has 2 aromatic carbocycles. The first-order chi connectivity index (χ1) is 11.0. The molecule has 0 aliphatic carbocycles. The first kappa shape index (κ1) is 16.8. The van der Waals surface area contributed by atoms with Gasteiger partial charge in [-0.15, -0.1) is 0 Å². The monoisotopic (exact) mass is 377 g/mol. The van der Waals surface area contributed by atoms with E-state index in [1.165, 1.54) is 30.5 Å². The average Bonchev–Trinajstić information content (AvgIpc) is 2.54. The molecule has 0 aromatic heterocycles. The van der Waals surface area contributed by atoms with Crippen molar-refractivity contribution in [2.45, 2.75) is 0 Å². The Morgan fingerprint density at radius 3 is 2.61 bits per heavy atom. The van der Waals surface area contributed by atoms with Gasteiger partial charge in [0.15, 0.2) is 0 Å². The zero-order chi connectivity index (χ0) is 16.7. The van der Waals surface area contributed by atoms with Crippen LogP contribution in [0.5, 0.6) is 0 Å². The van der Waals surface area contributed by atoms with E-state index in [0.29, 0.717) is 11.1 Å². The quantitative estimate of drug-likeness (QED) is 0.620. The molecule has 0 aliphatic rings. The zero-order valence-corrected chi connectivity index (χ0v) is 13.5. The van der Waals surface area contributed by atoms with Crippen molar-refractivity contribution in [3.63, 3.8) is 0 Å². The molecule has 23 heavy (non-hydrogen) atoms. The Kier molecular flexibility index (Phi) is 5.99. The number of hydrazone groups is 1. The lowest BCUT2D eigenvalue weighted by molar-refractivity contribution is -0.120. The number of benzene rings is 2. The van der Waals surface area contributed by atoms with Crippen molar-refractivity contribution in [2.24, 2.45) is 5.10 Å². The first-order valence-electron chi connectivity index (χ1n) is 6.66. The molecule has 5 nitrogen and oxygen atoms in total. The minimum absolute atomic E-state index is 0.202. The Bertz CT molecular complexity index is 732. The first-order valence-corrected chi connectivity index (χ1v) is 7.45. The molecular weight excluding hydrogens is 365 g/mol. The number of rotatable bonds is 5. The van der Waals surface area contributed by atoms with E-state index < -0.39 is 5.91 Å². The molecule has 0 unspecified atom stereocenters. The van der Waals surface area contributed by atoms with Gasteiger partial charge in [0, 0.05) is 10.0 Å². The number of carbonyl (C=O) groups excluding carboxylic acids is 2. The summed E-state index contributed by atoms with van der Waals surface area (Å²) in [5.41, 5.74) is 3.37. The largest absolute Gasteiger partial charge is 0.343 e. The number of nitrogens with one attached hydrogen (secondary N) is 2. The summed E-state index contributed by atoms with van der Waals surface area (Å²) in [4.78, 5) is 23.4. The van der Waals surface area contributed by atoms with Crippen LogP contribution in [0.4, 0.5) is 4.39 Å². The number of hydrogen-bond donors (Lipinski definition) is 2. The number of amides is 2. The molecule has 0 bridgehead atoms. The van der Waals surface area contributed by atoms with Crippen molar-refractivity contribution in [1.29, 1.82) is 0 Å². The van der Waals surface area contributed by atoms with Gasteiger partial charge in [0.05, 0.1) is 12.8 Å². The maximum absolute atomic E-state index is 12.7. The van der Waals surface area contributed by atoms with Gasteiger partial charge in [0.2, 0.25) is 0 Å². The molecule has 0 aliphatic heterocycles. The van der Waals surface area contributed by atoms with E-state index in [1.54, 1.807) is 24.3 Å². The van der Waals surface area contributed by atoms with Crippen molar-refractivity contribution >= 4 is 34.0 Å². The molecule has 118 valence electrons.